The lowest BCUT2D eigenvalue weighted by molar-refractivity contribution is -0.0272. The average Bonchev–Trinajstić information content (AvgIpc) is 2.78. The van der Waals surface area contributed by atoms with Crippen LogP contribution in [0.15, 0.2) is 42.5 Å². The smallest absolute Gasteiger partial charge is 0.410 e. The van der Waals surface area contributed by atoms with Crippen molar-refractivity contribution < 1.29 is 22.7 Å². The van der Waals surface area contributed by atoms with E-state index in [1.807, 2.05) is 58.0 Å². The fraction of sp³-hybridized carbons (Fsp3) is 0.536. The minimum atomic E-state index is -3.05. The van der Waals surface area contributed by atoms with Gasteiger partial charge in [-0.15, -0.1) is 0 Å². The Hall–Kier alpha value is -2.54. The van der Waals surface area contributed by atoms with Gasteiger partial charge in [0.25, 0.3) is 0 Å². The molecule has 0 atom stereocenters. The van der Waals surface area contributed by atoms with Crippen LogP contribution in [0.1, 0.15) is 64.5 Å². The summed E-state index contributed by atoms with van der Waals surface area (Å²) in [5.41, 5.74) is 3.47. The zero-order valence-corrected chi connectivity index (χ0v) is 22.1. The quantitative estimate of drug-likeness (QED) is 0.522. The number of amides is 1. The molecule has 6 nitrogen and oxygen atoms in total. The van der Waals surface area contributed by atoms with Crippen LogP contribution in [0.2, 0.25) is 0 Å². The van der Waals surface area contributed by atoms with Gasteiger partial charge in [-0.2, -0.15) is 0 Å². The molecule has 1 spiro atoms. The fourth-order valence-corrected chi connectivity index (χ4v) is 6.37. The van der Waals surface area contributed by atoms with Crippen LogP contribution in [0, 0.1) is 0 Å². The molecule has 2 aromatic rings. The van der Waals surface area contributed by atoms with Gasteiger partial charge < -0.3 is 14.4 Å². The maximum Gasteiger partial charge on any atom is 0.410 e. The number of carbonyl (C=O) groups excluding carboxylic acids is 1. The van der Waals surface area contributed by atoms with Gasteiger partial charge in [-0.25, -0.2) is 13.2 Å². The van der Waals surface area contributed by atoms with Crippen molar-refractivity contribution in [2.75, 3.05) is 18.8 Å². The second-order valence-electron chi connectivity index (χ2n) is 10.9. The molecule has 1 amide bonds. The molecule has 1 fully saturated rings. The topological polar surface area (TPSA) is 72.9 Å². The molecule has 2 aliphatic heterocycles. The minimum Gasteiger partial charge on any atom is -0.487 e. The molecule has 35 heavy (non-hydrogen) atoms. The third kappa shape index (κ3) is 6.37. The molecule has 2 aliphatic rings. The molecule has 0 bridgehead atoms. The van der Waals surface area contributed by atoms with Crippen LogP contribution in [0.4, 0.5) is 4.79 Å². The van der Waals surface area contributed by atoms with Crippen LogP contribution in [0.5, 0.6) is 5.75 Å². The van der Waals surface area contributed by atoms with Gasteiger partial charge in [-0.1, -0.05) is 37.3 Å². The van der Waals surface area contributed by atoms with Crippen LogP contribution in [0.25, 0.3) is 11.1 Å². The second-order valence-corrected chi connectivity index (χ2v) is 13.0. The summed E-state index contributed by atoms with van der Waals surface area (Å²) in [6, 6.07) is 14.1. The molecular weight excluding hydrogens is 462 g/mol. The molecule has 0 unspecified atom stereocenters. The maximum absolute atomic E-state index is 12.4. The van der Waals surface area contributed by atoms with Gasteiger partial charge in [0.2, 0.25) is 0 Å². The van der Waals surface area contributed by atoms with Crippen molar-refractivity contribution in [2.24, 2.45) is 0 Å². The molecule has 0 saturated carbocycles. The zero-order chi connectivity index (χ0) is 25.3. The molecule has 2 heterocycles. The number of nitrogens with zero attached hydrogens (tertiary/aromatic N) is 1. The second kappa shape index (κ2) is 9.84. The molecule has 4 rings (SSSR count). The average molecular weight is 500 g/mol. The number of benzene rings is 2. The van der Waals surface area contributed by atoms with Crippen molar-refractivity contribution in [3.8, 4) is 16.9 Å². The summed E-state index contributed by atoms with van der Waals surface area (Å²) in [6.07, 6.45) is 3.86. The first kappa shape index (κ1) is 25.5. The Balaban J connectivity index is 1.40. The van der Waals surface area contributed by atoms with Gasteiger partial charge in [0.05, 0.1) is 11.5 Å². The van der Waals surface area contributed by atoms with Crippen LogP contribution in [-0.4, -0.2) is 49.5 Å². The Bertz CT molecular complexity index is 1160. The summed E-state index contributed by atoms with van der Waals surface area (Å²) in [4.78, 5) is 14.2. The molecule has 1 saturated heterocycles. The summed E-state index contributed by atoms with van der Waals surface area (Å²) in [5.74, 6) is 1.24. The number of piperidine rings is 1. The summed E-state index contributed by atoms with van der Waals surface area (Å²) >= 11 is 0. The van der Waals surface area contributed by atoms with Crippen LogP contribution < -0.4 is 4.74 Å². The molecule has 0 aromatic heterocycles. The van der Waals surface area contributed by atoms with Crippen LogP contribution >= 0.6 is 0 Å². The predicted octanol–water partition coefficient (Wildman–Crippen LogP) is 5.77. The van der Waals surface area contributed by atoms with Gasteiger partial charge in [0.1, 0.15) is 17.0 Å². The number of carbonyl (C=O) groups is 1. The van der Waals surface area contributed by atoms with E-state index >= 15 is 0 Å². The van der Waals surface area contributed by atoms with Gasteiger partial charge in [0, 0.05) is 25.9 Å². The molecular formula is C28H37NO5S. The third-order valence-electron chi connectivity index (χ3n) is 6.75. The highest BCUT2D eigenvalue weighted by Gasteiger charge is 2.41. The van der Waals surface area contributed by atoms with Crippen molar-refractivity contribution >= 4 is 15.9 Å². The number of ether oxygens (including phenoxy) is 2. The van der Waals surface area contributed by atoms with E-state index in [0.29, 0.717) is 19.5 Å². The van der Waals surface area contributed by atoms with E-state index in [1.54, 1.807) is 4.90 Å². The summed E-state index contributed by atoms with van der Waals surface area (Å²) in [6.45, 7) is 8.83. The number of hydrogen-bond acceptors (Lipinski definition) is 5. The molecule has 0 radical (unpaired) electrons. The van der Waals surface area contributed by atoms with Gasteiger partial charge in [-0.3, -0.25) is 0 Å². The lowest BCUT2D eigenvalue weighted by Crippen LogP contribution is -2.52. The van der Waals surface area contributed by atoms with Gasteiger partial charge in [-0.05, 0) is 74.4 Å². The highest BCUT2D eigenvalue weighted by molar-refractivity contribution is 7.90. The number of rotatable bonds is 5. The number of fused-ring (bicyclic) bond motifs is 1. The van der Waals surface area contributed by atoms with E-state index in [0.717, 1.165) is 48.1 Å². The maximum atomic E-state index is 12.4. The monoisotopic (exact) mass is 499 g/mol. The fourth-order valence-electron chi connectivity index (χ4n) is 4.91. The summed E-state index contributed by atoms with van der Waals surface area (Å²) in [5, 5.41) is 0. The molecule has 2 aromatic carbocycles. The Morgan fingerprint density at radius 1 is 1.03 bits per heavy atom. The minimum absolute atomic E-state index is 0.0899. The Labute approximate surface area is 209 Å². The highest BCUT2D eigenvalue weighted by Crippen LogP contribution is 2.41. The van der Waals surface area contributed by atoms with Crippen molar-refractivity contribution in [1.29, 1.82) is 0 Å². The van der Waals surface area contributed by atoms with Crippen molar-refractivity contribution in [3.05, 3.63) is 53.6 Å². The standard InChI is InChI=1S/C28H37NO5S/c1-5-18-35(31,32)20-21-6-8-22(9-7-21)23-10-11-25-24(19-23)12-13-28(33-25)14-16-29(17-15-28)26(30)34-27(2,3)4/h6-11,19H,5,12-18,20H2,1-4H3. The SMILES string of the molecule is CCCS(=O)(=O)Cc1ccc(-c2ccc3c(c2)CCC2(CCN(C(=O)OC(C)(C)C)CC2)O3)cc1. The van der Waals surface area contributed by atoms with E-state index in [4.69, 9.17) is 9.47 Å². The first-order valence-corrected chi connectivity index (χ1v) is 14.4. The van der Waals surface area contributed by atoms with Crippen LogP contribution in [-0.2, 0) is 26.7 Å². The van der Waals surface area contributed by atoms with Gasteiger partial charge >= 0.3 is 6.09 Å². The number of aryl methyl sites for hydroxylation is 1. The number of hydrogen-bond donors (Lipinski definition) is 0. The van der Waals surface area contributed by atoms with E-state index in [2.05, 4.69) is 12.1 Å². The van der Waals surface area contributed by atoms with Crippen molar-refractivity contribution in [1.82, 2.24) is 4.90 Å². The zero-order valence-electron chi connectivity index (χ0n) is 21.3. The predicted molar refractivity (Wildman–Crippen MR) is 138 cm³/mol. The summed E-state index contributed by atoms with van der Waals surface area (Å²) < 4.78 is 36.3. The van der Waals surface area contributed by atoms with Crippen molar-refractivity contribution in [2.45, 2.75) is 76.8 Å². The lowest BCUT2D eigenvalue weighted by Gasteiger charge is -2.44. The highest BCUT2D eigenvalue weighted by atomic mass is 32.2. The molecule has 7 heteroatoms. The first-order valence-electron chi connectivity index (χ1n) is 12.6. The van der Waals surface area contributed by atoms with Gasteiger partial charge in [0.15, 0.2) is 9.84 Å². The first-order chi connectivity index (χ1) is 16.5. The Kier molecular flexibility index (Phi) is 7.18. The van der Waals surface area contributed by atoms with Crippen molar-refractivity contribution in [3.63, 3.8) is 0 Å². The summed E-state index contributed by atoms with van der Waals surface area (Å²) in [7, 11) is -3.05. The molecule has 0 aliphatic carbocycles. The normalized spacial score (nSPS) is 17.5. The molecule has 0 N–H and O–H groups in total. The van der Waals surface area contributed by atoms with E-state index in [1.165, 1.54) is 5.56 Å². The van der Waals surface area contributed by atoms with Crippen LogP contribution in [0.3, 0.4) is 0 Å². The molecule has 190 valence electrons. The Morgan fingerprint density at radius 2 is 1.69 bits per heavy atom. The number of sulfone groups is 1. The third-order valence-corrected chi connectivity index (χ3v) is 8.56. The number of likely N-dealkylation sites (tertiary alicyclic amines) is 1. The largest absolute Gasteiger partial charge is 0.487 e. The van der Waals surface area contributed by atoms with E-state index < -0.39 is 15.4 Å². The van der Waals surface area contributed by atoms with E-state index in [9.17, 15) is 13.2 Å². The van der Waals surface area contributed by atoms with E-state index in [-0.39, 0.29) is 23.2 Å². The lowest BCUT2D eigenvalue weighted by atomic mass is 9.82. The Morgan fingerprint density at radius 3 is 2.31 bits per heavy atom.